The summed E-state index contributed by atoms with van der Waals surface area (Å²) in [5.74, 6) is 0. The Kier molecular flexibility index (Phi) is 7.39. The zero-order chi connectivity index (χ0) is 36.3. The zero-order valence-electron chi connectivity index (χ0n) is 29.8. The molecule has 0 radical (unpaired) electrons. The number of anilines is 3. The molecule has 55 heavy (non-hydrogen) atoms. The molecule has 258 valence electrons. The second-order valence-electron chi connectivity index (χ2n) is 14.1. The molecule has 0 atom stereocenters. The van der Waals surface area contributed by atoms with E-state index < -0.39 is 0 Å². The molecule has 2 aromatic heterocycles. The van der Waals surface area contributed by atoms with Crippen molar-refractivity contribution < 1.29 is 4.42 Å². The van der Waals surface area contributed by atoms with Gasteiger partial charge in [0, 0.05) is 32.1 Å². The first-order chi connectivity index (χ1) is 27.3. The van der Waals surface area contributed by atoms with E-state index in [2.05, 4.69) is 205 Å². The van der Waals surface area contributed by atoms with Gasteiger partial charge in [-0.05, 0) is 87.1 Å². The van der Waals surface area contributed by atoms with Gasteiger partial charge in [-0.25, -0.2) is 0 Å². The van der Waals surface area contributed by atoms with Gasteiger partial charge < -0.3 is 9.32 Å². The summed E-state index contributed by atoms with van der Waals surface area (Å²) in [4.78, 5) is 2.44. The number of thiophene rings is 1. The summed E-state index contributed by atoms with van der Waals surface area (Å²) in [7, 11) is 0. The maximum Gasteiger partial charge on any atom is 0.145 e. The second kappa shape index (κ2) is 12.9. The Morgan fingerprint density at radius 3 is 1.82 bits per heavy atom. The maximum absolute atomic E-state index is 6.84. The lowest BCUT2D eigenvalue weighted by Gasteiger charge is -2.27. The second-order valence-corrected chi connectivity index (χ2v) is 15.1. The third-order valence-electron chi connectivity index (χ3n) is 10.9. The molecule has 0 bridgehead atoms. The fourth-order valence-corrected chi connectivity index (χ4v) is 9.39. The first-order valence-corrected chi connectivity index (χ1v) is 19.5. The molecule has 11 rings (SSSR count). The first-order valence-electron chi connectivity index (χ1n) is 18.7. The van der Waals surface area contributed by atoms with E-state index in [1.165, 1.54) is 53.2 Å². The predicted octanol–water partition coefficient (Wildman–Crippen LogP) is 15.6. The lowest BCUT2D eigenvalue weighted by molar-refractivity contribution is 0.670. The third-order valence-corrected chi connectivity index (χ3v) is 12.1. The van der Waals surface area contributed by atoms with Gasteiger partial charge in [0.05, 0.1) is 21.5 Å². The van der Waals surface area contributed by atoms with E-state index in [0.717, 1.165) is 50.1 Å². The molecule has 0 aliphatic carbocycles. The van der Waals surface area contributed by atoms with Gasteiger partial charge in [0.2, 0.25) is 0 Å². The van der Waals surface area contributed by atoms with Crippen LogP contribution in [-0.2, 0) is 0 Å². The summed E-state index contributed by atoms with van der Waals surface area (Å²) in [6.07, 6.45) is 0. The summed E-state index contributed by atoms with van der Waals surface area (Å²) in [5.41, 5.74) is 12.1. The van der Waals surface area contributed by atoms with E-state index in [4.69, 9.17) is 4.42 Å². The number of rotatable bonds is 6. The van der Waals surface area contributed by atoms with Crippen molar-refractivity contribution in [2.24, 2.45) is 0 Å². The van der Waals surface area contributed by atoms with Gasteiger partial charge in [-0.15, -0.1) is 11.3 Å². The molecule has 0 unspecified atom stereocenters. The number of benzene rings is 9. The van der Waals surface area contributed by atoms with Gasteiger partial charge in [-0.1, -0.05) is 152 Å². The number of hydrogen-bond acceptors (Lipinski definition) is 3. The summed E-state index contributed by atoms with van der Waals surface area (Å²) in [6.45, 7) is 0. The van der Waals surface area contributed by atoms with Crippen molar-refractivity contribution in [3.63, 3.8) is 0 Å². The van der Waals surface area contributed by atoms with Gasteiger partial charge in [-0.3, -0.25) is 0 Å². The Hall–Kier alpha value is -6.94. The molecular formula is C52H33NOS. The van der Waals surface area contributed by atoms with Gasteiger partial charge >= 0.3 is 0 Å². The Morgan fingerprint density at radius 1 is 0.400 bits per heavy atom. The van der Waals surface area contributed by atoms with Crippen molar-refractivity contribution in [3.05, 3.63) is 200 Å². The van der Waals surface area contributed by atoms with Crippen LogP contribution in [0.5, 0.6) is 0 Å². The van der Waals surface area contributed by atoms with Gasteiger partial charge in [-0.2, -0.15) is 0 Å². The van der Waals surface area contributed by atoms with Crippen LogP contribution in [0.3, 0.4) is 0 Å². The average molecular weight is 720 g/mol. The van der Waals surface area contributed by atoms with Gasteiger partial charge in [0.1, 0.15) is 11.2 Å². The van der Waals surface area contributed by atoms with Crippen LogP contribution in [0.1, 0.15) is 0 Å². The Labute approximate surface area is 322 Å². The minimum atomic E-state index is 0.876. The van der Waals surface area contributed by atoms with E-state index in [9.17, 15) is 0 Å². The third kappa shape index (κ3) is 5.32. The van der Waals surface area contributed by atoms with Crippen LogP contribution in [0.2, 0.25) is 0 Å². The fraction of sp³-hybridized carbons (Fsp3) is 0. The SMILES string of the molecule is c1ccc(-c2ccc(-c3ccc(N(c4cccc5c4sc4ccccc45)c4ccc(-c5ccc6ccccc6c5)c5oc6ccccc6c45)cc3)cc2)cc1. The normalized spacial score (nSPS) is 11.6. The molecule has 0 amide bonds. The predicted molar refractivity (Wildman–Crippen MR) is 235 cm³/mol. The lowest BCUT2D eigenvalue weighted by atomic mass is 9.97. The van der Waals surface area contributed by atoms with Crippen molar-refractivity contribution >= 4 is 81.3 Å². The minimum Gasteiger partial charge on any atom is -0.455 e. The maximum atomic E-state index is 6.84. The molecule has 0 N–H and O–H groups in total. The van der Waals surface area contributed by atoms with E-state index >= 15 is 0 Å². The zero-order valence-corrected chi connectivity index (χ0v) is 30.6. The molecule has 0 aliphatic heterocycles. The molecule has 9 aromatic carbocycles. The number of furan rings is 1. The standard InChI is InChI=1S/C52H33NOS/c1-2-11-34(12-3-1)36-21-23-37(24-22-36)38-27-29-41(30-28-38)53(47-18-10-17-44-43-15-7-9-20-49(43)55-52(44)47)46-32-31-42(40-26-25-35-13-4-5-14-39(35)33-40)51-50(46)45-16-6-8-19-48(45)54-51/h1-33H. The molecule has 0 saturated carbocycles. The van der Waals surface area contributed by atoms with Crippen molar-refractivity contribution in [2.45, 2.75) is 0 Å². The van der Waals surface area contributed by atoms with E-state index in [0.29, 0.717) is 0 Å². The van der Waals surface area contributed by atoms with Crippen LogP contribution in [0.25, 0.3) is 86.3 Å². The van der Waals surface area contributed by atoms with Crippen LogP contribution in [0.4, 0.5) is 17.1 Å². The molecular weight excluding hydrogens is 687 g/mol. The van der Waals surface area contributed by atoms with E-state index in [1.54, 1.807) is 0 Å². The number of hydrogen-bond donors (Lipinski definition) is 0. The average Bonchev–Trinajstić information content (AvgIpc) is 3.84. The Bertz CT molecular complexity index is 3190. The van der Waals surface area contributed by atoms with E-state index in [1.807, 2.05) is 11.3 Å². The summed E-state index contributed by atoms with van der Waals surface area (Å²) in [5, 5.41) is 7.17. The highest BCUT2D eigenvalue weighted by Crippen LogP contribution is 2.49. The van der Waals surface area contributed by atoms with Crippen molar-refractivity contribution in [1.82, 2.24) is 0 Å². The molecule has 2 heterocycles. The Balaban J connectivity index is 1.12. The van der Waals surface area contributed by atoms with Crippen LogP contribution in [0, 0.1) is 0 Å². The summed E-state index contributed by atoms with van der Waals surface area (Å²) >= 11 is 1.85. The summed E-state index contributed by atoms with van der Waals surface area (Å²) < 4.78 is 9.38. The molecule has 0 aliphatic rings. The first kappa shape index (κ1) is 31.6. The van der Waals surface area contributed by atoms with Crippen molar-refractivity contribution in [3.8, 4) is 33.4 Å². The molecule has 3 heteroatoms. The monoisotopic (exact) mass is 719 g/mol. The van der Waals surface area contributed by atoms with Crippen LogP contribution < -0.4 is 4.90 Å². The highest BCUT2D eigenvalue weighted by Gasteiger charge is 2.24. The van der Waals surface area contributed by atoms with E-state index in [-0.39, 0.29) is 0 Å². The quantitative estimate of drug-likeness (QED) is 0.170. The Morgan fingerprint density at radius 2 is 1.02 bits per heavy atom. The van der Waals surface area contributed by atoms with Gasteiger partial charge in [0.15, 0.2) is 0 Å². The summed E-state index contributed by atoms with van der Waals surface area (Å²) in [6, 6.07) is 72.1. The molecule has 0 fully saturated rings. The number of fused-ring (bicyclic) bond motifs is 7. The number of nitrogens with zero attached hydrogens (tertiary/aromatic N) is 1. The highest BCUT2D eigenvalue weighted by molar-refractivity contribution is 7.26. The van der Waals surface area contributed by atoms with Crippen molar-refractivity contribution in [2.75, 3.05) is 4.90 Å². The number of para-hydroxylation sites is 1. The molecule has 11 aromatic rings. The van der Waals surface area contributed by atoms with Crippen LogP contribution >= 0.6 is 11.3 Å². The lowest BCUT2D eigenvalue weighted by Crippen LogP contribution is -2.10. The van der Waals surface area contributed by atoms with Crippen LogP contribution in [0.15, 0.2) is 205 Å². The van der Waals surface area contributed by atoms with Gasteiger partial charge in [0.25, 0.3) is 0 Å². The molecule has 2 nitrogen and oxygen atoms in total. The van der Waals surface area contributed by atoms with Crippen LogP contribution in [-0.4, -0.2) is 0 Å². The topological polar surface area (TPSA) is 16.4 Å². The minimum absolute atomic E-state index is 0.876. The fourth-order valence-electron chi connectivity index (χ4n) is 8.19. The highest BCUT2D eigenvalue weighted by atomic mass is 32.1. The largest absolute Gasteiger partial charge is 0.455 e. The molecule has 0 spiro atoms. The van der Waals surface area contributed by atoms with Crippen molar-refractivity contribution in [1.29, 1.82) is 0 Å². The molecule has 0 saturated heterocycles. The smallest absolute Gasteiger partial charge is 0.145 e.